The van der Waals surface area contributed by atoms with Gasteiger partial charge in [0.15, 0.2) is 0 Å². The molecule has 0 saturated heterocycles. The van der Waals surface area contributed by atoms with Crippen molar-refractivity contribution in [3.05, 3.63) is 81.8 Å². The molecule has 0 aliphatic rings. The van der Waals surface area contributed by atoms with Crippen molar-refractivity contribution in [2.45, 2.75) is 17.6 Å². The zero-order valence-electron chi connectivity index (χ0n) is 14.1. The lowest BCUT2D eigenvalue weighted by Gasteiger charge is -2.08. The molecule has 0 bridgehead atoms. The highest BCUT2D eigenvalue weighted by Crippen LogP contribution is 2.23. The van der Waals surface area contributed by atoms with Crippen LogP contribution >= 0.6 is 23.1 Å². The molecule has 2 aromatic carbocycles. The van der Waals surface area contributed by atoms with Crippen molar-refractivity contribution >= 4 is 34.9 Å². The van der Waals surface area contributed by atoms with Gasteiger partial charge in [-0.15, -0.1) is 23.1 Å². The molecule has 0 saturated carbocycles. The fraction of sp³-hybridized carbons (Fsp3) is 0.105. The van der Waals surface area contributed by atoms with Crippen LogP contribution in [0.1, 0.15) is 31.4 Å². The Balaban J connectivity index is 1.51. The number of carbonyl (C=O) groups excluding carboxylic acids is 2. The first kappa shape index (κ1) is 18.2. The summed E-state index contributed by atoms with van der Waals surface area (Å²) in [6.07, 6.45) is 0. The van der Waals surface area contributed by atoms with Crippen LogP contribution in [0.2, 0.25) is 0 Å². The molecular weight excluding hydrogens is 366 g/mol. The molecule has 0 radical (unpaired) electrons. The Bertz CT molecular complexity index is 893. The average Bonchev–Trinajstić information content (AvgIpc) is 3.10. The molecule has 2 N–H and O–H groups in total. The molecule has 1 aromatic heterocycles. The number of thiazole rings is 1. The molecule has 1 heterocycles. The summed E-state index contributed by atoms with van der Waals surface area (Å²) in [5.41, 5.74) is 6.85. The van der Waals surface area contributed by atoms with Gasteiger partial charge in [0.2, 0.25) is 0 Å². The molecule has 2 amide bonds. The molecule has 0 aliphatic heterocycles. The standard InChI is InChI=1S/C19H17N3O2S2/c1-13-20-16(11-25-13)12-26-17-9-7-15(8-10-17)19(24)22-21-18(23)14-5-3-2-4-6-14/h2-11H,12H2,1H3,(H,21,23)(H,22,24). The van der Waals surface area contributed by atoms with Gasteiger partial charge in [0, 0.05) is 27.2 Å². The van der Waals surface area contributed by atoms with E-state index in [1.165, 1.54) is 0 Å². The summed E-state index contributed by atoms with van der Waals surface area (Å²) in [6, 6.07) is 16.0. The lowest BCUT2D eigenvalue weighted by atomic mass is 10.2. The molecule has 3 rings (SSSR count). The molecule has 0 unspecified atom stereocenters. The van der Waals surface area contributed by atoms with Gasteiger partial charge in [-0.25, -0.2) is 4.98 Å². The van der Waals surface area contributed by atoms with Crippen LogP contribution in [0.3, 0.4) is 0 Å². The number of aryl methyl sites for hydroxylation is 1. The minimum absolute atomic E-state index is 0.357. The third kappa shape index (κ3) is 4.93. The smallest absolute Gasteiger partial charge is 0.267 e. The van der Waals surface area contributed by atoms with Crippen molar-refractivity contribution in [3.8, 4) is 0 Å². The van der Waals surface area contributed by atoms with Crippen molar-refractivity contribution in [2.75, 3.05) is 0 Å². The fourth-order valence-electron chi connectivity index (χ4n) is 2.18. The summed E-state index contributed by atoms with van der Waals surface area (Å²) in [4.78, 5) is 29.5. The highest BCUT2D eigenvalue weighted by molar-refractivity contribution is 7.98. The lowest BCUT2D eigenvalue weighted by molar-refractivity contribution is 0.0846. The van der Waals surface area contributed by atoms with Gasteiger partial charge in [-0.1, -0.05) is 18.2 Å². The Morgan fingerprint density at radius 2 is 1.58 bits per heavy atom. The third-order valence-electron chi connectivity index (χ3n) is 3.50. The number of thioether (sulfide) groups is 1. The maximum absolute atomic E-state index is 12.1. The Morgan fingerprint density at radius 3 is 2.15 bits per heavy atom. The van der Waals surface area contributed by atoms with Crippen molar-refractivity contribution < 1.29 is 9.59 Å². The predicted octanol–water partition coefficient (Wildman–Crippen LogP) is 3.82. The van der Waals surface area contributed by atoms with Crippen molar-refractivity contribution in [1.29, 1.82) is 0 Å². The van der Waals surface area contributed by atoms with E-state index < -0.39 is 0 Å². The molecule has 0 atom stereocenters. The van der Waals surface area contributed by atoms with Gasteiger partial charge in [-0.2, -0.15) is 0 Å². The number of hydrazine groups is 1. The summed E-state index contributed by atoms with van der Waals surface area (Å²) < 4.78 is 0. The van der Waals surface area contributed by atoms with Crippen LogP contribution in [-0.4, -0.2) is 16.8 Å². The number of hydrogen-bond donors (Lipinski definition) is 2. The number of carbonyl (C=O) groups is 2. The van der Waals surface area contributed by atoms with Crippen molar-refractivity contribution in [3.63, 3.8) is 0 Å². The number of amides is 2. The minimum atomic E-state index is -0.360. The van der Waals surface area contributed by atoms with Gasteiger partial charge in [0.25, 0.3) is 11.8 Å². The Kier molecular flexibility index (Phi) is 6.04. The zero-order chi connectivity index (χ0) is 18.4. The lowest BCUT2D eigenvalue weighted by Crippen LogP contribution is -2.41. The Labute approximate surface area is 159 Å². The minimum Gasteiger partial charge on any atom is -0.267 e. The second-order valence-corrected chi connectivity index (χ2v) is 7.56. The highest BCUT2D eigenvalue weighted by Gasteiger charge is 2.09. The van der Waals surface area contributed by atoms with E-state index in [0.717, 1.165) is 21.3 Å². The van der Waals surface area contributed by atoms with Gasteiger partial charge >= 0.3 is 0 Å². The normalized spacial score (nSPS) is 10.3. The maximum atomic E-state index is 12.1. The van der Waals surface area contributed by atoms with Crippen LogP contribution in [0.5, 0.6) is 0 Å². The molecule has 0 fully saturated rings. The van der Waals surface area contributed by atoms with Crippen LogP contribution in [0.4, 0.5) is 0 Å². The second kappa shape index (κ2) is 8.64. The first-order valence-corrected chi connectivity index (χ1v) is 9.78. The van der Waals surface area contributed by atoms with Crippen molar-refractivity contribution in [2.24, 2.45) is 0 Å². The number of aromatic nitrogens is 1. The van der Waals surface area contributed by atoms with Gasteiger partial charge in [0.1, 0.15) is 0 Å². The Hall–Kier alpha value is -2.64. The number of benzene rings is 2. The first-order chi connectivity index (χ1) is 12.6. The first-order valence-electron chi connectivity index (χ1n) is 7.91. The topological polar surface area (TPSA) is 71.1 Å². The molecule has 5 nitrogen and oxygen atoms in total. The van der Waals surface area contributed by atoms with E-state index in [9.17, 15) is 9.59 Å². The molecule has 0 aliphatic carbocycles. The van der Waals surface area contributed by atoms with Gasteiger partial charge in [0.05, 0.1) is 10.7 Å². The number of hydrogen-bond acceptors (Lipinski definition) is 5. The molecule has 132 valence electrons. The maximum Gasteiger partial charge on any atom is 0.269 e. The van der Waals surface area contributed by atoms with E-state index in [0.29, 0.717) is 11.1 Å². The fourth-order valence-corrected chi connectivity index (χ4v) is 3.69. The van der Waals surface area contributed by atoms with E-state index >= 15 is 0 Å². The van der Waals surface area contributed by atoms with E-state index in [2.05, 4.69) is 21.2 Å². The Morgan fingerprint density at radius 1 is 0.962 bits per heavy atom. The molecule has 3 aromatic rings. The van der Waals surface area contributed by atoms with Crippen LogP contribution in [0.15, 0.2) is 64.9 Å². The zero-order valence-corrected chi connectivity index (χ0v) is 15.7. The van der Waals surface area contributed by atoms with Crippen molar-refractivity contribution in [1.82, 2.24) is 15.8 Å². The quantitative estimate of drug-likeness (QED) is 0.519. The summed E-state index contributed by atoms with van der Waals surface area (Å²) in [6.45, 7) is 1.99. The van der Waals surface area contributed by atoms with Gasteiger partial charge in [-0.3, -0.25) is 20.4 Å². The largest absolute Gasteiger partial charge is 0.269 e. The van der Waals surface area contributed by atoms with E-state index in [1.54, 1.807) is 59.5 Å². The molecule has 7 heteroatoms. The monoisotopic (exact) mass is 383 g/mol. The molecule has 26 heavy (non-hydrogen) atoms. The van der Waals surface area contributed by atoms with Crippen LogP contribution in [-0.2, 0) is 5.75 Å². The summed E-state index contributed by atoms with van der Waals surface area (Å²) in [5, 5.41) is 3.12. The molecule has 0 spiro atoms. The van der Waals surface area contributed by atoms with E-state index in [-0.39, 0.29) is 11.8 Å². The number of rotatable bonds is 5. The van der Waals surface area contributed by atoms with E-state index in [4.69, 9.17) is 0 Å². The SMILES string of the molecule is Cc1nc(CSc2ccc(C(=O)NNC(=O)c3ccccc3)cc2)cs1. The predicted molar refractivity (Wildman–Crippen MR) is 104 cm³/mol. The highest BCUT2D eigenvalue weighted by atomic mass is 32.2. The second-order valence-electron chi connectivity index (χ2n) is 5.45. The summed E-state index contributed by atoms with van der Waals surface area (Å²) >= 11 is 3.31. The van der Waals surface area contributed by atoms with Crippen LogP contribution < -0.4 is 10.9 Å². The van der Waals surface area contributed by atoms with Gasteiger partial charge in [-0.05, 0) is 43.3 Å². The molecular formula is C19H17N3O2S2. The summed E-state index contributed by atoms with van der Waals surface area (Å²) in [5.74, 6) is 0.0777. The average molecular weight is 383 g/mol. The number of nitrogens with one attached hydrogen (secondary N) is 2. The summed E-state index contributed by atoms with van der Waals surface area (Å²) in [7, 11) is 0. The van der Waals surface area contributed by atoms with Crippen LogP contribution in [0, 0.1) is 6.92 Å². The third-order valence-corrected chi connectivity index (χ3v) is 5.36. The van der Waals surface area contributed by atoms with Gasteiger partial charge < -0.3 is 0 Å². The van der Waals surface area contributed by atoms with E-state index in [1.807, 2.05) is 25.1 Å². The number of nitrogens with zero attached hydrogens (tertiary/aromatic N) is 1. The van der Waals surface area contributed by atoms with Crippen LogP contribution in [0.25, 0.3) is 0 Å².